The summed E-state index contributed by atoms with van der Waals surface area (Å²) in [6.07, 6.45) is 9.53. The largest absolute Gasteiger partial charge is 0.345 e. The van der Waals surface area contributed by atoms with Gasteiger partial charge in [0.15, 0.2) is 5.16 Å². The maximum Gasteiger partial charge on any atom is 0.187 e. The molecule has 0 bridgehead atoms. The number of aromatic nitrogens is 4. The summed E-state index contributed by atoms with van der Waals surface area (Å²) in [7, 11) is 0. The average Bonchev–Trinajstić information content (AvgIpc) is 2.84. The van der Waals surface area contributed by atoms with Gasteiger partial charge in [-0.05, 0) is 6.42 Å². The molecule has 0 fully saturated rings. The molecule has 0 aromatic carbocycles. The average molecular weight is 234 g/mol. The molecule has 0 saturated heterocycles. The van der Waals surface area contributed by atoms with E-state index in [2.05, 4.69) is 26.9 Å². The van der Waals surface area contributed by atoms with E-state index in [1.54, 1.807) is 36.5 Å². The highest BCUT2D eigenvalue weighted by Gasteiger charge is 2.02. The minimum Gasteiger partial charge on any atom is -0.345 e. The van der Waals surface area contributed by atoms with Crippen molar-refractivity contribution in [1.82, 2.24) is 19.9 Å². The molecule has 0 amide bonds. The quantitative estimate of drug-likeness (QED) is 0.491. The van der Waals surface area contributed by atoms with Gasteiger partial charge in [0.05, 0.1) is 5.56 Å². The van der Waals surface area contributed by atoms with Crippen molar-refractivity contribution in [2.45, 2.75) is 24.9 Å². The van der Waals surface area contributed by atoms with Crippen LogP contribution in [0.5, 0.6) is 0 Å². The predicted molar refractivity (Wildman–Crippen MR) is 65.2 cm³/mol. The molecule has 2 aromatic heterocycles. The summed E-state index contributed by atoms with van der Waals surface area (Å²) >= 11 is 1.70. The summed E-state index contributed by atoms with van der Waals surface area (Å²) in [4.78, 5) is 15.8. The fraction of sp³-hybridized carbons (Fsp3) is 0.364. The maximum atomic E-state index is 4.30. The number of rotatable bonds is 5. The van der Waals surface area contributed by atoms with E-state index in [1.807, 2.05) is 0 Å². The van der Waals surface area contributed by atoms with Gasteiger partial charge in [-0.3, -0.25) is 0 Å². The van der Waals surface area contributed by atoms with Gasteiger partial charge < -0.3 is 4.98 Å². The number of nitrogens with one attached hydrogen (secondary N) is 1. The van der Waals surface area contributed by atoms with Crippen LogP contribution in [0.2, 0.25) is 0 Å². The molecule has 0 saturated carbocycles. The number of unbranched alkanes of at least 4 members (excludes halogenated alkanes) is 1. The van der Waals surface area contributed by atoms with E-state index < -0.39 is 0 Å². The van der Waals surface area contributed by atoms with Gasteiger partial charge in [-0.1, -0.05) is 25.1 Å². The van der Waals surface area contributed by atoms with Crippen molar-refractivity contribution in [2.75, 3.05) is 5.75 Å². The third-order valence-electron chi connectivity index (χ3n) is 2.13. The van der Waals surface area contributed by atoms with Crippen LogP contribution in [-0.2, 0) is 0 Å². The van der Waals surface area contributed by atoms with Crippen LogP contribution in [-0.4, -0.2) is 25.7 Å². The maximum absolute atomic E-state index is 4.30. The molecule has 16 heavy (non-hydrogen) atoms. The Kier molecular flexibility index (Phi) is 3.93. The first-order valence-corrected chi connectivity index (χ1v) is 6.33. The van der Waals surface area contributed by atoms with Crippen molar-refractivity contribution in [1.29, 1.82) is 0 Å². The second-order valence-electron chi connectivity index (χ2n) is 3.39. The Morgan fingerprint density at radius 3 is 2.69 bits per heavy atom. The normalized spacial score (nSPS) is 10.6. The Labute approximate surface area is 98.9 Å². The van der Waals surface area contributed by atoms with Crippen LogP contribution >= 0.6 is 11.8 Å². The van der Waals surface area contributed by atoms with Crippen molar-refractivity contribution in [2.24, 2.45) is 0 Å². The SMILES string of the molecule is CCCCSc1ncc(-c2ncc[nH]2)cn1. The Morgan fingerprint density at radius 2 is 2.06 bits per heavy atom. The van der Waals surface area contributed by atoms with Gasteiger partial charge in [0.1, 0.15) is 5.82 Å². The van der Waals surface area contributed by atoms with Crippen LogP contribution < -0.4 is 0 Å². The first-order valence-electron chi connectivity index (χ1n) is 5.34. The number of imidazole rings is 1. The molecular weight excluding hydrogens is 220 g/mol. The van der Waals surface area contributed by atoms with E-state index in [0.29, 0.717) is 0 Å². The van der Waals surface area contributed by atoms with Crippen LogP contribution in [0.15, 0.2) is 29.9 Å². The first kappa shape index (κ1) is 11.1. The minimum absolute atomic E-state index is 0.810. The van der Waals surface area contributed by atoms with E-state index in [1.165, 1.54) is 12.8 Å². The van der Waals surface area contributed by atoms with Gasteiger partial charge >= 0.3 is 0 Å². The smallest absolute Gasteiger partial charge is 0.187 e. The monoisotopic (exact) mass is 234 g/mol. The number of nitrogens with zero attached hydrogens (tertiary/aromatic N) is 3. The van der Waals surface area contributed by atoms with Gasteiger partial charge in [0.25, 0.3) is 0 Å². The summed E-state index contributed by atoms with van der Waals surface area (Å²) in [5.41, 5.74) is 0.921. The van der Waals surface area contributed by atoms with Crippen molar-refractivity contribution < 1.29 is 0 Å². The van der Waals surface area contributed by atoms with E-state index in [9.17, 15) is 0 Å². The van der Waals surface area contributed by atoms with Crippen molar-refractivity contribution in [3.8, 4) is 11.4 Å². The molecule has 0 unspecified atom stereocenters. The molecule has 2 rings (SSSR count). The molecule has 0 atom stereocenters. The van der Waals surface area contributed by atoms with Gasteiger partial charge in [-0.15, -0.1) is 0 Å². The van der Waals surface area contributed by atoms with E-state index in [4.69, 9.17) is 0 Å². The lowest BCUT2D eigenvalue weighted by molar-refractivity contribution is 0.888. The zero-order chi connectivity index (χ0) is 11.2. The molecular formula is C11H14N4S. The Bertz CT molecular complexity index is 410. The Balaban J connectivity index is 2.00. The van der Waals surface area contributed by atoms with Gasteiger partial charge in [0.2, 0.25) is 0 Å². The van der Waals surface area contributed by atoms with Gasteiger partial charge in [-0.2, -0.15) is 0 Å². The summed E-state index contributed by atoms with van der Waals surface area (Å²) in [6.45, 7) is 2.18. The highest BCUT2D eigenvalue weighted by atomic mass is 32.2. The van der Waals surface area contributed by atoms with Gasteiger partial charge in [-0.25, -0.2) is 15.0 Å². The summed E-state index contributed by atoms with van der Waals surface area (Å²) in [5.74, 6) is 1.89. The van der Waals surface area contributed by atoms with E-state index in [-0.39, 0.29) is 0 Å². The third kappa shape index (κ3) is 2.82. The lowest BCUT2D eigenvalue weighted by Crippen LogP contribution is -1.90. The lowest BCUT2D eigenvalue weighted by atomic mass is 10.3. The van der Waals surface area contributed by atoms with Gasteiger partial charge in [0, 0.05) is 30.5 Å². The van der Waals surface area contributed by atoms with Crippen LogP contribution in [0.4, 0.5) is 0 Å². The Hall–Kier alpha value is -1.36. The zero-order valence-electron chi connectivity index (χ0n) is 9.18. The molecule has 4 nitrogen and oxygen atoms in total. The topological polar surface area (TPSA) is 54.5 Å². The fourth-order valence-corrected chi connectivity index (χ4v) is 2.11. The summed E-state index contributed by atoms with van der Waals surface area (Å²) < 4.78 is 0. The molecule has 84 valence electrons. The van der Waals surface area contributed by atoms with Crippen LogP contribution in [0.3, 0.4) is 0 Å². The Morgan fingerprint density at radius 1 is 1.25 bits per heavy atom. The number of hydrogen-bond acceptors (Lipinski definition) is 4. The molecule has 0 aliphatic rings. The lowest BCUT2D eigenvalue weighted by Gasteiger charge is -1.99. The highest BCUT2D eigenvalue weighted by Crippen LogP contribution is 2.17. The molecule has 5 heteroatoms. The third-order valence-corrected chi connectivity index (χ3v) is 3.09. The molecule has 0 aliphatic heterocycles. The van der Waals surface area contributed by atoms with Crippen molar-refractivity contribution in [3.05, 3.63) is 24.8 Å². The van der Waals surface area contributed by atoms with E-state index in [0.717, 1.165) is 22.3 Å². The second-order valence-corrected chi connectivity index (χ2v) is 4.46. The predicted octanol–water partition coefficient (Wildman–Crippen LogP) is 2.76. The first-order chi connectivity index (χ1) is 7.90. The summed E-state index contributed by atoms with van der Waals surface area (Å²) in [5, 5.41) is 0.837. The number of aromatic amines is 1. The molecule has 0 spiro atoms. The zero-order valence-corrected chi connectivity index (χ0v) is 10.00. The molecule has 2 aromatic rings. The van der Waals surface area contributed by atoms with E-state index >= 15 is 0 Å². The molecule has 2 heterocycles. The van der Waals surface area contributed by atoms with Crippen LogP contribution in [0, 0.1) is 0 Å². The van der Waals surface area contributed by atoms with Crippen LogP contribution in [0.25, 0.3) is 11.4 Å². The van der Waals surface area contributed by atoms with Crippen molar-refractivity contribution >= 4 is 11.8 Å². The standard InChI is InChI=1S/C11H14N4S/c1-2-3-6-16-11-14-7-9(8-15-11)10-12-4-5-13-10/h4-5,7-8H,2-3,6H2,1H3,(H,12,13). The molecule has 1 N–H and O–H groups in total. The number of thioether (sulfide) groups is 1. The molecule has 0 aliphatic carbocycles. The molecule has 0 radical (unpaired) electrons. The number of hydrogen-bond donors (Lipinski definition) is 1. The second kappa shape index (κ2) is 5.65. The minimum atomic E-state index is 0.810. The fourth-order valence-electron chi connectivity index (χ4n) is 1.24. The van der Waals surface area contributed by atoms with Crippen LogP contribution in [0.1, 0.15) is 19.8 Å². The highest BCUT2D eigenvalue weighted by molar-refractivity contribution is 7.99. The van der Waals surface area contributed by atoms with Crippen molar-refractivity contribution in [3.63, 3.8) is 0 Å². The number of H-pyrrole nitrogens is 1. The summed E-state index contributed by atoms with van der Waals surface area (Å²) in [6, 6.07) is 0.